The lowest BCUT2D eigenvalue weighted by atomic mass is 10.3. The van der Waals surface area contributed by atoms with Gasteiger partial charge in [-0.3, -0.25) is 4.72 Å². The molecule has 1 aromatic carbocycles. The molecule has 0 unspecified atom stereocenters. The molecule has 0 saturated carbocycles. The number of aromatic nitrogens is 1. The third-order valence-corrected chi connectivity index (χ3v) is 4.42. The van der Waals surface area contributed by atoms with Crippen molar-refractivity contribution >= 4 is 31.6 Å². The monoisotopic (exact) mass is 371 g/mol. The van der Waals surface area contributed by atoms with E-state index >= 15 is 0 Å². The van der Waals surface area contributed by atoms with Crippen LogP contribution in [0.3, 0.4) is 0 Å². The van der Waals surface area contributed by atoms with Gasteiger partial charge in [0, 0.05) is 23.3 Å². The average Bonchev–Trinajstić information content (AvgIpc) is 2.46. The molecule has 6 nitrogen and oxygen atoms in total. The number of nitrogens with one attached hydrogen (secondary N) is 1. The summed E-state index contributed by atoms with van der Waals surface area (Å²) in [5.74, 6) is 0.536. The standard InChI is InChI=1S/C13H14BrN3O3S/c1-20-12-5-10(14)4-11(6-12)17-21(18,19)13-3-2-9(7-15)8-16-13/h2-6,8,17H,7,15H2,1H3. The van der Waals surface area contributed by atoms with Crippen LogP contribution in [0.1, 0.15) is 5.56 Å². The number of benzene rings is 1. The van der Waals surface area contributed by atoms with Gasteiger partial charge in [0.25, 0.3) is 10.0 Å². The van der Waals surface area contributed by atoms with Crippen LogP contribution in [-0.2, 0) is 16.6 Å². The first-order valence-electron chi connectivity index (χ1n) is 5.97. The predicted molar refractivity (Wildman–Crippen MR) is 83.6 cm³/mol. The van der Waals surface area contributed by atoms with Crippen LogP contribution < -0.4 is 15.2 Å². The Morgan fingerprint density at radius 1 is 1.33 bits per heavy atom. The summed E-state index contributed by atoms with van der Waals surface area (Å²) >= 11 is 3.29. The second-order valence-corrected chi connectivity index (χ2v) is 6.74. The average molecular weight is 372 g/mol. The second-order valence-electron chi connectivity index (χ2n) is 4.19. The number of hydrogen-bond acceptors (Lipinski definition) is 5. The Kier molecular flexibility index (Phi) is 4.81. The number of nitrogens with zero attached hydrogens (tertiary/aromatic N) is 1. The fourth-order valence-corrected chi connectivity index (χ4v) is 3.08. The largest absolute Gasteiger partial charge is 0.497 e. The van der Waals surface area contributed by atoms with Crippen LogP contribution in [0.25, 0.3) is 0 Å². The summed E-state index contributed by atoms with van der Waals surface area (Å²) in [4.78, 5) is 3.91. The Morgan fingerprint density at radius 3 is 2.67 bits per heavy atom. The van der Waals surface area contributed by atoms with E-state index in [1.165, 1.54) is 19.4 Å². The lowest BCUT2D eigenvalue weighted by Gasteiger charge is -2.10. The molecule has 0 radical (unpaired) electrons. The van der Waals surface area contributed by atoms with Crippen LogP contribution in [0.2, 0.25) is 0 Å². The summed E-state index contributed by atoms with van der Waals surface area (Å²) in [6, 6.07) is 7.99. The third kappa shape index (κ3) is 3.93. The first-order valence-corrected chi connectivity index (χ1v) is 8.24. The lowest BCUT2D eigenvalue weighted by Crippen LogP contribution is -2.14. The molecule has 0 bridgehead atoms. The maximum Gasteiger partial charge on any atom is 0.279 e. The molecule has 0 amide bonds. The Morgan fingerprint density at radius 2 is 2.10 bits per heavy atom. The molecule has 0 fully saturated rings. The highest BCUT2D eigenvalue weighted by molar-refractivity contribution is 9.10. The zero-order valence-electron chi connectivity index (χ0n) is 11.2. The minimum atomic E-state index is -3.76. The molecule has 1 aromatic heterocycles. The molecule has 0 saturated heterocycles. The van der Waals surface area contributed by atoms with Gasteiger partial charge in [0.2, 0.25) is 0 Å². The van der Waals surface area contributed by atoms with Gasteiger partial charge in [-0.1, -0.05) is 22.0 Å². The number of sulfonamides is 1. The maximum absolute atomic E-state index is 12.3. The van der Waals surface area contributed by atoms with Crippen LogP contribution in [0.5, 0.6) is 5.75 Å². The molecular weight excluding hydrogens is 358 g/mol. The maximum atomic E-state index is 12.3. The Hall–Kier alpha value is -1.64. The van der Waals surface area contributed by atoms with Gasteiger partial charge in [0.1, 0.15) is 5.75 Å². The molecule has 2 aromatic rings. The lowest BCUT2D eigenvalue weighted by molar-refractivity contribution is 0.415. The van der Waals surface area contributed by atoms with Gasteiger partial charge in [0.05, 0.1) is 12.8 Å². The van der Waals surface area contributed by atoms with Gasteiger partial charge >= 0.3 is 0 Å². The van der Waals surface area contributed by atoms with E-state index in [4.69, 9.17) is 10.5 Å². The minimum absolute atomic E-state index is 0.0707. The summed E-state index contributed by atoms with van der Waals surface area (Å²) in [5.41, 5.74) is 6.60. The molecule has 1 heterocycles. The van der Waals surface area contributed by atoms with E-state index in [1.54, 1.807) is 24.3 Å². The van der Waals surface area contributed by atoms with E-state index in [1.807, 2.05) is 0 Å². The van der Waals surface area contributed by atoms with Crippen LogP contribution in [-0.4, -0.2) is 20.5 Å². The normalized spacial score (nSPS) is 11.2. The zero-order chi connectivity index (χ0) is 15.5. The fraction of sp³-hybridized carbons (Fsp3) is 0.154. The van der Waals surface area contributed by atoms with Crippen molar-refractivity contribution in [3.8, 4) is 5.75 Å². The molecule has 2 rings (SSSR count). The molecule has 8 heteroatoms. The number of nitrogens with two attached hydrogens (primary N) is 1. The molecular formula is C13H14BrN3O3S. The molecule has 0 aliphatic heterocycles. The van der Waals surface area contributed by atoms with Crippen LogP contribution in [0.4, 0.5) is 5.69 Å². The molecule has 0 atom stereocenters. The quantitative estimate of drug-likeness (QED) is 0.839. The summed E-state index contributed by atoms with van der Waals surface area (Å²) in [6.45, 7) is 0.309. The Labute approximate surface area is 131 Å². The zero-order valence-corrected chi connectivity index (χ0v) is 13.6. The van der Waals surface area contributed by atoms with Crippen molar-refractivity contribution in [1.82, 2.24) is 4.98 Å². The van der Waals surface area contributed by atoms with Crippen LogP contribution >= 0.6 is 15.9 Å². The first kappa shape index (κ1) is 15.7. The number of hydrogen-bond donors (Lipinski definition) is 2. The molecule has 0 spiro atoms. The number of pyridine rings is 1. The van der Waals surface area contributed by atoms with E-state index in [0.29, 0.717) is 22.5 Å². The number of halogens is 1. The van der Waals surface area contributed by atoms with E-state index in [0.717, 1.165) is 5.56 Å². The number of anilines is 1. The van der Waals surface area contributed by atoms with Gasteiger partial charge in [-0.2, -0.15) is 8.42 Å². The fourth-order valence-electron chi connectivity index (χ4n) is 1.64. The Balaban J connectivity index is 2.30. The predicted octanol–water partition coefficient (Wildman–Crippen LogP) is 2.11. The van der Waals surface area contributed by atoms with Crippen molar-refractivity contribution in [2.75, 3.05) is 11.8 Å². The second kappa shape index (κ2) is 6.42. The summed E-state index contributed by atoms with van der Waals surface area (Å²) in [7, 11) is -2.25. The highest BCUT2D eigenvalue weighted by Gasteiger charge is 2.16. The van der Waals surface area contributed by atoms with Crippen molar-refractivity contribution in [2.24, 2.45) is 5.73 Å². The smallest absolute Gasteiger partial charge is 0.279 e. The van der Waals surface area contributed by atoms with E-state index in [2.05, 4.69) is 25.6 Å². The van der Waals surface area contributed by atoms with Gasteiger partial charge in [-0.05, 0) is 23.8 Å². The van der Waals surface area contributed by atoms with Gasteiger partial charge in [-0.25, -0.2) is 4.98 Å². The van der Waals surface area contributed by atoms with Crippen LogP contribution in [0.15, 0.2) is 46.0 Å². The van der Waals surface area contributed by atoms with E-state index in [-0.39, 0.29) is 5.03 Å². The highest BCUT2D eigenvalue weighted by Crippen LogP contribution is 2.26. The van der Waals surface area contributed by atoms with E-state index in [9.17, 15) is 8.42 Å². The number of methoxy groups -OCH3 is 1. The third-order valence-electron chi connectivity index (χ3n) is 2.67. The summed E-state index contributed by atoms with van der Waals surface area (Å²) in [6.07, 6.45) is 1.44. The van der Waals surface area contributed by atoms with Crippen molar-refractivity contribution < 1.29 is 13.2 Å². The molecule has 21 heavy (non-hydrogen) atoms. The molecule has 3 N–H and O–H groups in total. The SMILES string of the molecule is COc1cc(Br)cc(NS(=O)(=O)c2ccc(CN)cn2)c1. The van der Waals surface area contributed by atoms with Crippen molar-refractivity contribution in [2.45, 2.75) is 11.6 Å². The first-order chi connectivity index (χ1) is 9.94. The number of rotatable bonds is 5. The van der Waals surface area contributed by atoms with Crippen molar-refractivity contribution in [3.63, 3.8) is 0 Å². The van der Waals surface area contributed by atoms with Crippen molar-refractivity contribution in [1.29, 1.82) is 0 Å². The van der Waals surface area contributed by atoms with Gasteiger partial charge in [-0.15, -0.1) is 0 Å². The highest BCUT2D eigenvalue weighted by atomic mass is 79.9. The summed E-state index contributed by atoms with van der Waals surface area (Å²) < 4.78 is 32.8. The molecule has 0 aliphatic carbocycles. The van der Waals surface area contributed by atoms with E-state index < -0.39 is 10.0 Å². The minimum Gasteiger partial charge on any atom is -0.497 e. The Bertz CT molecular complexity index is 733. The van der Waals surface area contributed by atoms with Crippen molar-refractivity contribution in [3.05, 3.63) is 46.6 Å². The molecule has 0 aliphatic rings. The van der Waals surface area contributed by atoms with Crippen LogP contribution in [0, 0.1) is 0 Å². The number of ether oxygens (including phenoxy) is 1. The summed E-state index contributed by atoms with van der Waals surface area (Å²) in [5, 5.41) is -0.0707. The topological polar surface area (TPSA) is 94.3 Å². The van der Waals surface area contributed by atoms with Gasteiger partial charge < -0.3 is 10.5 Å². The van der Waals surface area contributed by atoms with Gasteiger partial charge in [0.15, 0.2) is 5.03 Å². The molecule has 112 valence electrons.